The van der Waals surface area contributed by atoms with Gasteiger partial charge in [0.15, 0.2) is 5.78 Å². The van der Waals surface area contributed by atoms with E-state index < -0.39 is 23.2 Å². The van der Waals surface area contributed by atoms with E-state index in [-0.39, 0.29) is 37.2 Å². The average molecular weight is 344 g/mol. The van der Waals surface area contributed by atoms with Crippen LogP contribution in [0.15, 0.2) is 24.3 Å². The molecule has 0 spiro atoms. The van der Waals surface area contributed by atoms with Gasteiger partial charge in [0, 0.05) is 12.1 Å². The number of carbonyl (C=O) groups excluding carboxylic acids is 4. The zero-order valence-electron chi connectivity index (χ0n) is 14.1. The summed E-state index contributed by atoms with van der Waals surface area (Å²) in [5.74, 6) is -2.75. The smallest absolute Gasteiger partial charge is 0.307 e. The van der Waals surface area contributed by atoms with Gasteiger partial charge in [0.25, 0.3) is 0 Å². The van der Waals surface area contributed by atoms with Crippen molar-refractivity contribution >= 4 is 29.3 Å². The Morgan fingerprint density at radius 3 is 2.72 bits per heavy atom. The first kappa shape index (κ1) is 17.1. The molecule has 3 atom stereocenters. The van der Waals surface area contributed by atoms with Crippen molar-refractivity contribution in [3.63, 3.8) is 0 Å². The fraction of sp³-hybridized carbons (Fsp3) is 0.444. The summed E-state index contributed by atoms with van der Waals surface area (Å²) < 4.78 is 4.80. The van der Waals surface area contributed by atoms with Crippen LogP contribution in [0.3, 0.4) is 0 Å². The highest BCUT2D eigenvalue weighted by Gasteiger charge is 2.73. The number of rotatable bonds is 5. The molecule has 3 rings (SSSR count). The molecule has 7 heteroatoms. The normalized spacial score (nSPS) is 26.6. The minimum atomic E-state index is -1.05. The van der Waals surface area contributed by atoms with E-state index >= 15 is 0 Å². The third-order valence-corrected chi connectivity index (χ3v) is 4.93. The second kappa shape index (κ2) is 6.31. The minimum Gasteiger partial charge on any atom is -0.466 e. The molecule has 1 fully saturated rings. The van der Waals surface area contributed by atoms with Crippen LogP contribution in [0.1, 0.15) is 30.6 Å². The van der Waals surface area contributed by atoms with Crippen LogP contribution in [0.25, 0.3) is 0 Å². The van der Waals surface area contributed by atoms with Crippen LogP contribution in [-0.4, -0.2) is 36.7 Å². The maximum atomic E-state index is 12.9. The van der Waals surface area contributed by atoms with E-state index in [1.165, 1.54) is 0 Å². The predicted molar refractivity (Wildman–Crippen MR) is 88.7 cm³/mol. The summed E-state index contributed by atoms with van der Waals surface area (Å²) in [5.41, 5.74) is -0.153. The number of hydrogen-bond donors (Lipinski definition) is 2. The van der Waals surface area contributed by atoms with Gasteiger partial charge in [-0.3, -0.25) is 19.2 Å². The Hall–Kier alpha value is -2.70. The monoisotopic (exact) mass is 344 g/mol. The number of Topliss-reactive ketones (excluding diaryl/α,β-unsaturated/α-hetero) is 1. The van der Waals surface area contributed by atoms with Crippen molar-refractivity contribution in [3.05, 3.63) is 29.8 Å². The molecule has 0 saturated heterocycles. The fourth-order valence-electron chi connectivity index (χ4n) is 3.56. The van der Waals surface area contributed by atoms with Gasteiger partial charge in [-0.1, -0.05) is 19.1 Å². The van der Waals surface area contributed by atoms with Crippen molar-refractivity contribution < 1.29 is 23.9 Å². The van der Waals surface area contributed by atoms with E-state index in [2.05, 4.69) is 10.6 Å². The summed E-state index contributed by atoms with van der Waals surface area (Å²) in [5, 5.41) is 5.36. The molecule has 1 aliphatic heterocycles. The highest BCUT2D eigenvalue weighted by molar-refractivity contribution is 6.19. The molecule has 0 bridgehead atoms. The molecule has 2 aliphatic rings. The number of benzene rings is 1. The number of esters is 1. The Bertz CT molecular complexity index is 760. The predicted octanol–water partition coefficient (Wildman–Crippen LogP) is 1.14. The lowest BCUT2D eigenvalue weighted by molar-refractivity contribution is -0.143. The highest BCUT2D eigenvalue weighted by Crippen LogP contribution is 2.62. The van der Waals surface area contributed by atoms with Crippen LogP contribution in [-0.2, 0) is 19.1 Å². The molecule has 2 N–H and O–H groups in total. The number of ether oxygens (including phenoxy) is 1. The molecule has 0 radical (unpaired) electrons. The molecule has 25 heavy (non-hydrogen) atoms. The molecule has 1 aromatic rings. The van der Waals surface area contributed by atoms with Gasteiger partial charge in [-0.2, -0.15) is 0 Å². The Morgan fingerprint density at radius 1 is 1.28 bits per heavy atom. The van der Waals surface area contributed by atoms with Gasteiger partial charge in [-0.25, -0.2) is 0 Å². The molecule has 7 nitrogen and oxygen atoms in total. The lowest BCUT2D eigenvalue weighted by atomic mass is 9.92. The molecule has 1 aromatic carbocycles. The molecular formula is C18H20N2O5. The van der Waals surface area contributed by atoms with E-state index in [0.717, 1.165) is 0 Å². The standard InChI is InChI=1S/C18H20N2O5/c1-3-25-12(21)8-9-19-16(23)13-14-17(24)20-11-7-5-4-6-10(11)15(22)18(13,14)2/h4-7,13-14H,3,8-9H2,1-2H3,(H,19,23)(H,20,24)/t13-,14+,18+/m0/s1. The lowest BCUT2D eigenvalue weighted by Crippen LogP contribution is -2.31. The van der Waals surface area contributed by atoms with Crippen molar-refractivity contribution in [2.45, 2.75) is 20.3 Å². The number of carbonyl (C=O) groups is 4. The topological polar surface area (TPSA) is 102 Å². The van der Waals surface area contributed by atoms with Gasteiger partial charge >= 0.3 is 5.97 Å². The van der Waals surface area contributed by atoms with Gasteiger partial charge < -0.3 is 15.4 Å². The summed E-state index contributed by atoms with van der Waals surface area (Å²) in [6.07, 6.45) is 0.0522. The lowest BCUT2D eigenvalue weighted by Gasteiger charge is -2.12. The molecule has 2 amide bonds. The maximum Gasteiger partial charge on any atom is 0.307 e. The molecule has 1 saturated carbocycles. The average Bonchev–Trinajstić information content (AvgIpc) is 3.23. The van der Waals surface area contributed by atoms with Crippen LogP contribution in [0.4, 0.5) is 5.69 Å². The fourth-order valence-corrected chi connectivity index (χ4v) is 3.56. The molecular weight excluding hydrogens is 324 g/mol. The number of para-hydroxylation sites is 1. The van der Waals surface area contributed by atoms with Crippen molar-refractivity contribution in [1.82, 2.24) is 5.32 Å². The second-order valence-electron chi connectivity index (χ2n) is 6.45. The third kappa shape index (κ3) is 2.79. The molecule has 1 aliphatic carbocycles. The quantitative estimate of drug-likeness (QED) is 0.780. The molecule has 0 unspecified atom stereocenters. The van der Waals surface area contributed by atoms with E-state index in [4.69, 9.17) is 4.74 Å². The zero-order chi connectivity index (χ0) is 18.2. The van der Waals surface area contributed by atoms with Crippen molar-refractivity contribution in [3.8, 4) is 0 Å². The van der Waals surface area contributed by atoms with E-state index in [1.807, 2.05) is 0 Å². The Kier molecular flexibility index (Phi) is 4.32. The molecule has 0 aromatic heterocycles. The van der Waals surface area contributed by atoms with Crippen molar-refractivity contribution in [2.75, 3.05) is 18.5 Å². The maximum absolute atomic E-state index is 12.9. The number of fused-ring (bicyclic) bond motifs is 2. The third-order valence-electron chi connectivity index (χ3n) is 4.93. The molecule has 1 heterocycles. The van der Waals surface area contributed by atoms with Crippen LogP contribution in [0, 0.1) is 17.3 Å². The number of anilines is 1. The summed E-state index contributed by atoms with van der Waals surface area (Å²) in [7, 11) is 0. The second-order valence-corrected chi connectivity index (χ2v) is 6.45. The summed E-state index contributed by atoms with van der Waals surface area (Å²) >= 11 is 0. The van der Waals surface area contributed by atoms with Crippen LogP contribution >= 0.6 is 0 Å². The number of amides is 2. The first-order valence-corrected chi connectivity index (χ1v) is 8.29. The van der Waals surface area contributed by atoms with Crippen LogP contribution < -0.4 is 10.6 Å². The van der Waals surface area contributed by atoms with Gasteiger partial charge in [-0.15, -0.1) is 0 Å². The van der Waals surface area contributed by atoms with E-state index in [1.54, 1.807) is 38.1 Å². The van der Waals surface area contributed by atoms with Crippen molar-refractivity contribution in [2.24, 2.45) is 17.3 Å². The first-order valence-electron chi connectivity index (χ1n) is 8.29. The Labute approximate surface area is 145 Å². The van der Waals surface area contributed by atoms with Crippen LogP contribution in [0.5, 0.6) is 0 Å². The zero-order valence-corrected chi connectivity index (χ0v) is 14.1. The van der Waals surface area contributed by atoms with Crippen LogP contribution in [0.2, 0.25) is 0 Å². The highest BCUT2D eigenvalue weighted by atomic mass is 16.5. The van der Waals surface area contributed by atoms with Crippen molar-refractivity contribution in [1.29, 1.82) is 0 Å². The number of ketones is 1. The summed E-state index contributed by atoms with van der Waals surface area (Å²) in [6.45, 7) is 3.75. The molecule has 132 valence electrons. The SMILES string of the molecule is CCOC(=O)CCNC(=O)[C@@H]1[C@@H]2C(=O)Nc3ccccc3C(=O)[C@]12C. The van der Waals surface area contributed by atoms with Gasteiger partial charge in [0.2, 0.25) is 11.8 Å². The summed E-state index contributed by atoms with van der Waals surface area (Å²) in [4.78, 5) is 49.1. The number of nitrogens with one attached hydrogen (secondary N) is 2. The van der Waals surface area contributed by atoms with E-state index in [0.29, 0.717) is 11.3 Å². The van der Waals surface area contributed by atoms with Gasteiger partial charge in [-0.05, 0) is 19.1 Å². The summed E-state index contributed by atoms with van der Waals surface area (Å²) in [6, 6.07) is 6.79. The Morgan fingerprint density at radius 2 is 2.00 bits per heavy atom. The van der Waals surface area contributed by atoms with E-state index in [9.17, 15) is 19.2 Å². The van der Waals surface area contributed by atoms with Gasteiger partial charge in [0.1, 0.15) is 0 Å². The largest absolute Gasteiger partial charge is 0.466 e. The van der Waals surface area contributed by atoms with Gasteiger partial charge in [0.05, 0.1) is 36.0 Å². The number of hydrogen-bond acceptors (Lipinski definition) is 5. The minimum absolute atomic E-state index is 0.0522. The first-order chi connectivity index (χ1) is 11.9. The Balaban J connectivity index is 1.72.